The van der Waals surface area contributed by atoms with Crippen LogP contribution in [-0.2, 0) is 0 Å². The van der Waals surface area contributed by atoms with Gasteiger partial charge in [-0.05, 0) is 55.8 Å². The van der Waals surface area contributed by atoms with E-state index >= 15 is 0 Å². The van der Waals surface area contributed by atoms with Gasteiger partial charge in [0, 0.05) is 47.6 Å². The smallest absolute Gasteiger partial charge is 0.229 e. The van der Waals surface area contributed by atoms with Gasteiger partial charge in [-0.1, -0.05) is 34.4 Å². The summed E-state index contributed by atoms with van der Waals surface area (Å²) in [4.78, 5) is 9.35. The van der Waals surface area contributed by atoms with Crippen molar-refractivity contribution in [3.8, 4) is 0 Å². The van der Waals surface area contributed by atoms with Crippen molar-refractivity contribution < 1.29 is 9.63 Å². The minimum atomic E-state index is -0.0813. The number of likely N-dealkylation sites (tertiary alicyclic amines) is 1. The second-order valence-corrected chi connectivity index (χ2v) is 9.92. The number of anilines is 2. The molecule has 2 fully saturated rings. The van der Waals surface area contributed by atoms with Gasteiger partial charge in [0.05, 0.1) is 18.3 Å². The molecule has 0 aliphatic carbocycles. The van der Waals surface area contributed by atoms with Gasteiger partial charge in [-0.2, -0.15) is 0 Å². The van der Waals surface area contributed by atoms with Gasteiger partial charge in [-0.25, -0.2) is 4.98 Å². The molecule has 0 amide bonds. The zero-order valence-electron chi connectivity index (χ0n) is 18.5. The Labute approximate surface area is 202 Å². The number of piperidine rings is 1. The third-order valence-electron chi connectivity index (χ3n) is 6.87. The summed E-state index contributed by atoms with van der Waals surface area (Å²) in [6.45, 7) is 7.15. The number of aromatic nitrogens is 3. The van der Waals surface area contributed by atoms with Gasteiger partial charge in [0.15, 0.2) is 0 Å². The van der Waals surface area contributed by atoms with Crippen molar-refractivity contribution >= 4 is 45.9 Å². The molecule has 4 heterocycles. The lowest BCUT2D eigenvalue weighted by Gasteiger charge is -2.47. The highest BCUT2D eigenvalue weighted by molar-refractivity contribution is 6.35. The van der Waals surface area contributed by atoms with E-state index in [0.717, 1.165) is 49.8 Å². The molecule has 10 heteroatoms. The summed E-state index contributed by atoms with van der Waals surface area (Å²) in [5.74, 6) is 2.18. The Morgan fingerprint density at radius 3 is 2.85 bits per heavy atom. The molecule has 3 aromatic rings. The molecule has 176 valence electrons. The topological polar surface area (TPSA) is 90.5 Å². The van der Waals surface area contributed by atoms with Crippen molar-refractivity contribution in [1.29, 1.82) is 0 Å². The van der Waals surface area contributed by atoms with Crippen molar-refractivity contribution in [2.75, 3.05) is 49.5 Å². The van der Waals surface area contributed by atoms with Crippen LogP contribution in [0.5, 0.6) is 0 Å². The predicted molar refractivity (Wildman–Crippen MR) is 130 cm³/mol. The van der Waals surface area contributed by atoms with Gasteiger partial charge in [0.25, 0.3) is 0 Å². The van der Waals surface area contributed by atoms with Crippen LogP contribution < -0.4 is 10.2 Å². The van der Waals surface area contributed by atoms with E-state index in [1.54, 1.807) is 6.07 Å². The molecule has 8 nitrogen and oxygen atoms in total. The second kappa shape index (κ2) is 9.62. The fourth-order valence-corrected chi connectivity index (χ4v) is 5.59. The van der Waals surface area contributed by atoms with Crippen molar-refractivity contribution in [2.45, 2.75) is 25.8 Å². The molecule has 0 radical (unpaired) electrons. The van der Waals surface area contributed by atoms with Crippen LogP contribution in [0.25, 0.3) is 11.2 Å². The number of nitrogens with one attached hydrogen (secondary N) is 1. The Bertz CT molecular complexity index is 1120. The van der Waals surface area contributed by atoms with E-state index in [-0.39, 0.29) is 12.6 Å². The highest BCUT2D eigenvalue weighted by atomic mass is 35.5. The summed E-state index contributed by atoms with van der Waals surface area (Å²) in [5.41, 5.74) is 2.74. The van der Waals surface area contributed by atoms with Gasteiger partial charge < -0.3 is 24.7 Å². The SMILES string of the molecule is C[C@@H](Nc1cc(N2CC([C@H]3CCCN(CCO)C3)C2)nc2nnoc12)c1ccc(Cl)cc1Cl. The van der Waals surface area contributed by atoms with E-state index in [2.05, 4.69) is 30.5 Å². The molecule has 2 saturated heterocycles. The van der Waals surface area contributed by atoms with Gasteiger partial charge in [0.2, 0.25) is 11.2 Å². The molecule has 2 aliphatic heterocycles. The molecule has 33 heavy (non-hydrogen) atoms. The zero-order valence-corrected chi connectivity index (χ0v) is 20.1. The minimum absolute atomic E-state index is 0.0813. The largest absolute Gasteiger partial charge is 0.395 e. The number of halogens is 2. The maximum atomic E-state index is 9.27. The number of β-amino-alcohol motifs (C(OH)–C–C–N with tert-alkyl or cyclic N) is 1. The normalized spacial score (nSPS) is 20.7. The molecule has 0 bridgehead atoms. The molecule has 5 rings (SSSR count). The van der Waals surface area contributed by atoms with E-state index in [4.69, 9.17) is 27.7 Å². The number of fused-ring (bicyclic) bond motifs is 1. The fourth-order valence-electron chi connectivity index (χ4n) is 5.02. The van der Waals surface area contributed by atoms with Gasteiger partial charge >= 0.3 is 0 Å². The van der Waals surface area contributed by atoms with Crippen molar-refractivity contribution in [3.05, 3.63) is 39.9 Å². The summed E-state index contributed by atoms with van der Waals surface area (Å²) in [5, 5.41) is 21.7. The Morgan fingerprint density at radius 1 is 1.21 bits per heavy atom. The van der Waals surface area contributed by atoms with Crippen LogP contribution in [0.1, 0.15) is 31.4 Å². The number of hydrogen-bond acceptors (Lipinski definition) is 8. The summed E-state index contributed by atoms with van der Waals surface area (Å²) in [7, 11) is 0. The van der Waals surface area contributed by atoms with E-state index in [9.17, 15) is 5.11 Å². The first-order valence-corrected chi connectivity index (χ1v) is 12.2. The Kier molecular flexibility index (Phi) is 6.60. The number of benzene rings is 1. The first kappa shape index (κ1) is 22.7. The van der Waals surface area contributed by atoms with Gasteiger partial charge in [-0.15, -0.1) is 0 Å². The lowest BCUT2D eigenvalue weighted by Crippen LogP contribution is -2.54. The van der Waals surface area contributed by atoms with E-state index in [1.807, 2.05) is 25.1 Å². The Balaban J connectivity index is 1.30. The first-order chi connectivity index (χ1) is 16.0. The van der Waals surface area contributed by atoms with E-state index < -0.39 is 0 Å². The molecule has 2 aromatic heterocycles. The lowest BCUT2D eigenvalue weighted by atomic mass is 9.80. The molecule has 2 aliphatic rings. The predicted octanol–water partition coefficient (Wildman–Crippen LogP) is 4.24. The molecular weight excluding hydrogens is 463 g/mol. The van der Waals surface area contributed by atoms with Crippen LogP contribution in [-0.4, -0.2) is 64.7 Å². The Hall–Kier alpha value is -2.13. The quantitative estimate of drug-likeness (QED) is 0.508. The molecule has 2 N–H and O–H groups in total. The maximum Gasteiger partial charge on any atom is 0.229 e. The number of aliphatic hydroxyl groups excluding tert-OH is 1. The summed E-state index contributed by atoms with van der Waals surface area (Å²) < 4.78 is 5.39. The van der Waals surface area contributed by atoms with Crippen molar-refractivity contribution in [3.63, 3.8) is 0 Å². The number of rotatable bonds is 7. The van der Waals surface area contributed by atoms with Crippen LogP contribution >= 0.6 is 23.2 Å². The third kappa shape index (κ3) is 4.75. The van der Waals surface area contributed by atoms with Gasteiger partial charge in [0.1, 0.15) is 5.82 Å². The third-order valence-corrected chi connectivity index (χ3v) is 7.43. The highest BCUT2D eigenvalue weighted by Gasteiger charge is 2.36. The van der Waals surface area contributed by atoms with Crippen LogP contribution in [0, 0.1) is 11.8 Å². The average Bonchev–Trinajstić information content (AvgIpc) is 3.22. The summed E-state index contributed by atoms with van der Waals surface area (Å²) in [6.07, 6.45) is 2.46. The standard InChI is InChI=1S/C23H28Cl2N6O2/c1-14(18-5-4-17(24)9-19(18)25)26-20-10-21(27-23-22(20)33-29-28-23)31-12-16(13-31)15-3-2-6-30(11-15)7-8-32/h4-5,9-10,14-16,32H,2-3,6-8,11-13H2,1H3,(H,26,27)/t14-,15+/m1/s1. The summed E-state index contributed by atoms with van der Waals surface area (Å²) >= 11 is 12.5. The van der Waals surface area contributed by atoms with Crippen molar-refractivity contribution in [1.82, 2.24) is 20.3 Å². The Morgan fingerprint density at radius 2 is 2.06 bits per heavy atom. The molecule has 0 unspecified atom stereocenters. The molecule has 2 atom stereocenters. The maximum absolute atomic E-state index is 9.27. The second-order valence-electron chi connectivity index (χ2n) is 9.08. The van der Waals surface area contributed by atoms with Crippen LogP contribution in [0.15, 0.2) is 28.8 Å². The number of aliphatic hydroxyl groups is 1. The van der Waals surface area contributed by atoms with Crippen molar-refractivity contribution in [2.24, 2.45) is 11.8 Å². The molecule has 0 saturated carbocycles. The minimum Gasteiger partial charge on any atom is -0.395 e. The van der Waals surface area contributed by atoms with E-state index in [1.165, 1.54) is 12.8 Å². The van der Waals surface area contributed by atoms with Crippen LogP contribution in [0.3, 0.4) is 0 Å². The molecule has 1 aromatic carbocycles. The molecular formula is C23H28Cl2N6O2. The fraction of sp³-hybridized carbons (Fsp3) is 0.522. The zero-order chi connectivity index (χ0) is 22.9. The van der Waals surface area contributed by atoms with E-state index in [0.29, 0.717) is 33.1 Å². The number of nitrogens with zero attached hydrogens (tertiary/aromatic N) is 5. The molecule has 0 spiro atoms. The lowest BCUT2D eigenvalue weighted by molar-refractivity contribution is 0.102. The van der Waals surface area contributed by atoms with Crippen LogP contribution in [0.2, 0.25) is 10.0 Å². The van der Waals surface area contributed by atoms with Gasteiger partial charge in [-0.3, -0.25) is 0 Å². The number of pyridine rings is 1. The highest BCUT2D eigenvalue weighted by Crippen LogP contribution is 2.37. The average molecular weight is 491 g/mol. The monoisotopic (exact) mass is 490 g/mol. The number of hydrogen-bond donors (Lipinski definition) is 2. The summed E-state index contributed by atoms with van der Waals surface area (Å²) in [6, 6.07) is 7.42. The first-order valence-electron chi connectivity index (χ1n) is 11.4. The van der Waals surface area contributed by atoms with Crippen LogP contribution in [0.4, 0.5) is 11.5 Å².